The zero-order valence-electron chi connectivity index (χ0n) is 10.9. The molecule has 1 fully saturated rings. The van der Waals surface area contributed by atoms with Gasteiger partial charge in [0.05, 0.1) is 6.10 Å². The van der Waals surface area contributed by atoms with Crippen molar-refractivity contribution in [3.63, 3.8) is 0 Å². The standard InChI is InChI=1S/C13H18ClN3O2/c1-2-4-15-12-7-9(6-11(14)16-12)13(19)17-5-3-10(18)8-17/h6-7,10,18H,2-5,8H2,1H3,(H,15,16). The molecular formula is C13H18ClN3O2. The highest BCUT2D eigenvalue weighted by Gasteiger charge is 2.25. The number of amides is 1. The Labute approximate surface area is 117 Å². The van der Waals surface area contributed by atoms with Gasteiger partial charge in [0.25, 0.3) is 5.91 Å². The molecule has 2 N–H and O–H groups in total. The number of pyridine rings is 1. The molecule has 1 aromatic heterocycles. The average molecular weight is 284 g/mol. The molecule has 0 spiro atoms. The summed E-state index contributed by atoms with van der Waals surface area (Å²) < 4.78 is 0. The number of aliphatic hydroxyl groups excluding tert-OH is 1. The van der Waals surface area contributed by atoms with Gasteiger partial charge in [-0.05, 0) is 25.0 Å². The van der Waals surface area contributed by atoms with Crippen molar-refractivity contribution in [2.24, 2.45) is 0 Å². The number of β-amino-alcohol motifs (C(OH)–C–C–N with tert-alkyl or cyclic N) is 1. The third-order valence-corrected chi connectivity index (χ3v) is 3.24. The SMILES string of the molecule is CCCNc1cc(C(=O)N2CCC(O)C2)cc(Cl)n1. The van der Waals surface area contributed by atoms with Gasteiger partial charge in [-0.15, -0.1) is 0 Å². The van der Waals surface area contributed by atoms with Gasteiger partial charge in [-0.1, -0.05) is 18.5 Å². The summed E-state index contributed by atoms with van der Waals surface area (Å²) in [5.74, 6) is 0.498. The topological polar surface area (TPSA) is 65.5 Å². The van der Waals surface area contributed by atoms with E-state index < -0.39 is 6.10 Å². The van der Waals surface area contributed by atoms with E-state index in [2.05, 4.69) is 17.2 Å². The number of hydrogen-bond acceptors (Lipinski definition) is 4. The normalized spacial score (nSPS) is 18.7. The van der Waals surface area contributed by atoms with Gasteiger partial charge in [-0.2, -0.15) is 0 Å². The second-order valence-corrected chi connectivity index (χ2v) is 5.07. The summed E-state index contributed by atoms with van der Waals surface area (Å²) >= 11 is 5.94. The Morgan fingerprint density at radius 2 is 2.42 bits per heavy atom. The number of aromatic nitrogens is 1. The molecule has 1 aliphatic heterocycles. The van der Waals surface area contributed by atoms with E-state index in [9.17, 15) is 9.90 Å². The van der Waals surface area contributed by atoms with Crippen LogP contribution < -0.4 is 5.32 Å². The van der Waals surface area contributed by atoms with E-state index in [4.69, 9.17) is 11.6 Å². The molecule has 0 radical (unpaired) electrons. The molecule has 0 aliphatic carbocycles. The highest BCUT2D eigenvalue weighted by molar-refractivity contribution is 6.29. The number of nitrogens with zero attached hydrogens (tertiary/aromatic N) is 2. The molecule has 2 rings (SSSR count). The third-order valence-electron chi connectivity index (χ3n) is 3.05. The molecular weight excluding hydrogens is 266 g/mol. The average Bonchev–Trinajstić information content (AvgIpc) is 2.81. The molecule has 19 heavy (non-hydrogen) atoms. The fraction of sp³-hybridized carbons (Fsp3) is 0.538. The van der Waals surface area contributed by atoms with Crippen molar-refractivity contribution >= 4 is 23.3 Å². The minimum Gasteiger partial charge on any atom is -0.391 e. The molecule has 1 aromatic rings. The number of rotatable bonds is 4. The lowest BCUT2D eigenvalue weighted by Gasteiger charge is -2.16. The number of hydrogen-bond donors (Lipinski definition) is 2. The minimum absolute atomic E-state index is 0.111. The van der Waals surface area contributed by atoms with Crippen LogP contribution in [0.2, 0.25) is 5.15 Å². The zero-order valence-corrected chi connectivity index (χ0v) is 11.7. The fourth-order valence-electron chi connectivity index (χ4n) is 2.07. The first-order valence-electron chi connectivity index (χ1n) is 6.49. The molecule has 1 amide bonds. The van der Waals surface area contributed by atoms with Crippen molar-refractivity contribution in [1.82, 2.24) is 9.88 Å². The van der Waals surface area contributed by atoms with Crippen LogP contribution in [0.1, 0.15) is 30.1 Å². The van der Waals surface area contributed by atoms with E-state index in [0.29, 0.717) is 36.0 Å². The molecule has 0 aromatic carbocycles. The molecule has 0 bridgehead atoms. The highest BCUT2D eigenvalue weighted by Crippen LogP contribution is 2.19. The minimum atomic E-state index is -0.418. The summed E-state index contributed by atoms with van der Waals surface area (Å²) in [6, 6.07) is 3.26. The zero-order chi connectivity index (χ0) is 13.8. The van der Waals surface area contributed by atoms with Gasteiger partial charge in [-0.25, -0.2) is 4.98 Å². The van der Waals surface area contributed by atoms with Crippen molar-refractivity contribution in [2.45, 2.75) is 25.9 Å². The Morgan fingerprint density at radius 1 is 1.63 bits per heavy atom. The Hall–Kier alpha value is -1.33. The first-order valence-corrected chi connectivity index (χ1v) is 6.86. The predicted octanol–water partition coefficient (Wildman–Crippen LogP) is 1.76. The summed E-state index contributed by atoms with van der Waals surface area (Å²) in [5, 5.41) is 12.9. The predicted molar refractivity (Wildman–Crippen MR) is 74.6 cm³/mol. The van der Waals surface area contributed by atoms with Gasteiger partial charge in [0, 0.05) is 25.2 Å². The maximum absolute atomic E-state index is 12.3. The van der Waals surface area contributed by atoms with Crippen molar-refractivity contribution in [1.29, 1.82) is 0 Å². The molecule has 104 valence electrons. The molecule has 6 heteroatoms. The molecule has 1 unspecified atom stereocenters. The number of carbonyl (C=O) groups is 1. The van der Waals surface area contributed by atoms with E-state index >= 15 is 0 Å². The van der Waals surface area contributed by atoms with Crippen molar-refractivity contribution in [2.75, 3.05) is 25.0 Å². The Bertz CT molecular complexity index is 467. The molecule has 0 saturated carbocycles. The van der Waals surface area contributed by atoms with Crippen LogP contribution in [0.4, 0.5) is 5.82 Å². The van der Waals surface area contributed by atoms with E-state index in [1.165, 1.54) is 0 Å². The van der Waals surface area contributed by atoms with Gasteiger partial charge < -0.3 is 15.3 Å². The van der Waals surface area contributed by atoms with Crippen LogP contribution >= 0.6 is 11.6 Å². The van der Waals surface area contributed by atoms with Crippen LogP contribution in [0, 0.1) is 0 Å². The molecule has 1 atom stereocenters. The van der Waals surface area contributed by atoms with Crippen LogP contribution in [0.25, 0.3) is 0 Å². The highest BCUT2D eigenvalue weighted by atomic mass is 35.5. The van der Waals surface area contributed by atoms with Crippen LogP contribution in [-0.2, 0) is 0 Å². The van der Waals surface area contributed by atoms with Crippen LogP contribution in [0.15, 0.2) is 12.1 Å². The first kappa shape index (κ1) is 14.1. The third kappa shape index (κ3) is 3.58. The summed E-state index contributed by atoms with van der Waals surface area (Å²) in [7, 11) is 0. The monoisotopic (exact) mass is 283 g/mol. The van der Waals surface area contributed by atoms with Crippen LogP contribution in [0.5, 0.6) is 0 Å². The second-order valence-electron chi connectivity index (χ2n) is 4.68. The van der Waals surface area contributed by atoms with Gasteiger partial charge >= 0.3 is 0 Å². The molecule has 5 nitrogen and oxygen atoms in total. The lowest BCUT2D eigenvalue weighted by molar-refractivity contribution is 0.0765. The number of nitrogens with one attached hydrogen (secondary N) is 1. The van der Waals surface area contributed by atoms with Crippen molar-refractivity contribution < 1.29 is 9.90 Å². The smallest absolute Gasteiger partial charge is 0.254 e. The van der Waals surface area contributed by atoms with Crippen LogP contribution in [0.3, 0.4) is 0 Å². The first-order chi connectivity index (χ1) is 9.10. The lowest BCUT2D eigenvalue weighted by atomic mass is 10.2. The van der Waals surface area contributed by atoms with E-state index in [-0.39, 0.29) is 5.91 Å². The Morgan fingerprint density at radius 3 is 3.05 bits per heavy atom. The number of anilines is 1. The molecule has 2 heterocycles. The number of aliphatic hydroxyl groups is 1. The second kappa shape index (κ2) is 6.21. The largest absolute Gasteiger partial charge is 0.391 e. The lowest BCUT2D eigenvalue weighted by Crippen LogP contribution is -2.29. The maximum atomic E-state index is 12.3. The van der Waals surface area contributed by atoms with E-state index in [1.807, 2.05) is 0 Å². The summed E-state index contributed by atoms with van der Waals surface area (Å²) in [4.78, 5) is 18.0. The number of carbonyl (C=O) groups excluding carboxylic acids is 1. The van der Waals surface area contributed by atoms with E-state index in [1.54, 1.807) is 17.0 Å². The van der Waals surface area contributed by atoms with Crippen LogP contribution in [-0.4, -0.2) is 46.6 Å². The fourth-order valence-corrected chi connectivity index (χ4v) is 2.28. The summed E-state index contributed by atoms with van der Waals surface area (Å²) in [6.45, 7) is 3.80. The van der Waals surface area contributed by atoms with Gasteiger partial charge in [0.15, 0.2) is 0 Å². The van der Waals surface area contributed by atoms with E-state index in [0.717, 1.165) is 13.0 Å². The number of halogens is 1. The van der Waals surface area contributed by atoms with Crippen molar-refractivity contribution in [3.8, 4) is 0 Å². The van der Waals surface area contributed by atoms with Crippen molar-refractivity contribution in [3.05, 3.63) is 22.8 Å². The Kier molecular flexibility index (Phi) is 4.61. The molecule has 1 saturated heterocycles. The quantitative estimate of drug-likeness (QED) is 0.827. The summed E-state index contributed by atoms with van der Waals surface area (Å²) in [5.41, 5.74) is 0.507. The van der Waals surface area contributed by atoms with Gasteiger partial charge in [0.2, 0.25) is 0 Å². The van der Waals surface area contributed by atoms with Gasteiger partial charge in [-0.3, -0.25) is 4.79 Å². The summed E-state index contributed by atoms with van der Waals surface area (Å²) in [6.07, 6.45) is 1.18. The molecule has 1 aliphatic rings. The Balaban J connectivity index is 2.14. The maximum Gasteiger partial charge on any atom is 0.254 e. The number of likely N-dealkylation sites (tertiary alicyclic amines) is 1. The van der Waals surface area contributed by atoms with Gasteiger partial charge in [0.1, 0.15) is 11.0 Å².